The Labute approximate surface area is 178 Å². The van der Waals surface area contributed by atoms with Crippen LogP contribution in [0.4, 0.5) is 30.7 Å². The number of carbonyl (C=O) groups is 1. The van der Waals surface area contributed by atoms with E-state index in [4.69, 9.17) is 4.74 Å². The lowest BCUT2D eigenvalue weighted by molar-refractivity contribution is -0.159. The summed E-state index contributed by atoms with van der Waals surface area (Å²) in [6, 6.07) is 7.02. The van der Waals surface area contributed by atoms with E-state index in [2.05, 4.69) is 9.84 Å². The van der Waals surface area contributed by atoms with Gasteiger partial charge in [-0.3, -0.25) is 4.68 Å². The van der Waals surface area contributed by atoms with Gasteiger partial charge in [0.15, 0.2) is 11.8 Å². The van der Waals surface area contributed by atoms with Crippen molar-refractivity contribution in [2.75, 3.05) is 0 Å². The summed E-state index contributed by atoms with van der Waals surface area (Å²) in [4.78, 5) is 12.3. The molecule has 1 unspecified atom stereocenters. The number of carbonyl (C=O) groups excluding carboxylic acids is 1. The third kappa shape index (κ3) is 5.22. The zero-order valence-electron chi connectivity index (χ0n) is 16.7. The molecule has 0 aliphatic heterocycles. The number of aryl methyl sites for hydroxylation is 1. The molecule has 5 nitrogen and oxygen atoms in total. The first-order valence-corrected chi connectivity index (χ1v) is 9.64. The third-order valence-corrected chi connectivity index (χ3v) is 5.02. The van der Waals surface area contributed by atoms with Gasteiger partial charge in [-0.1, -0.05) is 18.2 Å². The van der Waals surface area contributed by atoms with E-state index in [-0.39, 0.29) is 24.2 Å². The van der Waals surface area contributed by atoms with Gasteiger partial charge >= 0.3 is 18.8 Å². The molecule has 2 aromatic rings. The predicted molar refractivity (Wildman–Crippen MR) is 96.3 cm³/mol. The average Bonchev–Trinajstić information content (AvgIpc) is 3.07. The topological polar surface area (TPSA) is 53.4 Å². The summed E-state index contributed by atoms with van der Waals surface area (Å²) >= 11 is 0. The van der Waals surface area contributed by atoms with Crippen LogP contribution >= 0.6 is 0 Å². The lowest BCUT2D eigenvalue weighted by atomic mass is 9.89. The molecule has 2 atom stereocenters. The highest BCUT2D eigenvalue weighted by atomic mass is 19.4. The SMILES string of the molecule is CC(CCn1nc(C(F)(F)F)c2c1CCC(F)(F)[C@H]2OC(=O)c1ccccc1)OC(F)F. The van der Waals surface area contributed by atoms with Gasteiger partial charge in [0.1, 0.15) is 0 Å². The van der Waals surface area contributed by atoms with Crippen LogP contribution in [0, 0.1) is 0 Å². The lowest BCUT2D eigenvalue weighted by Gasteiger charge is -2.32. The van der Waals surface area contributed by atoms with Crippen LogP contribution < -0.4 is 0 Å². The monoisotopic (exact) mass is 468 g/mol. The molecule has 1 aromatic carbocycles. The van der Waals surface area contributed by atoms with E-state index in [1.54, 1.807) is 6.07 Å². The van der Waals surface area contributed by atoms with E-state index in [1.807, 2.05) is 0 Å². The van der Waals surface area contributed by atoms with Gasteiger partial charge in [-0.25, -0.2) is 13.6 Å². The van der Waals surface area contributed by atoms with Gasteiger partial charge in [-0.05, 0) is 31.9 Å². The molecule has 0 spiro atoms. The second-order valence-electron chi connectivity index (χ2n) is 7.34. The number of benzene rings is 1. The van der Waals surface area contributed by atoms with E-state index in [0.29, 0.717) is 0 Å². The molecule has 0 N–H and O–H groups in total. The second-order valence-corrected chi connectivity index (χ2v) is 7.34. The van der Waals surface area contributed by atoms with Crippen LogP contribution in [0.1, 0.15) is 53.2 Å². The van der Waals surface area contributed by atoms with Crippen molar-refractivity contribution >= 4 is 5.97 Å². The fourth-order valence-corrected chi connectivity index (χ4v) is 3.51. The number of esters is 1. The van der Waals surface area contributed by atoms with Crippen LogP contribution in [0.15, 0.2) is 30.3 Å². The zero-order valence-corrected chi connectivity index (χ0v) is 16.7. The molecule has 0 saturated heterocycles. The molecule has 1 aliphatic rings. The van der Waals surface area contributed by atoms with E-state index in [1.165, 1.54) is 31.2 Å². The third-order valence-electron chi connectivity index (χ3n) is 5.02. The molecule has 0 amide bonds. The fraction of sp³-hybridized carbons (Fsp3) is 0.500. The summed E-state index contributed by atoms with van der Waals surface area (Å²) in [5.41, 5.74) is -2.80. The van der Waals surface area contributed by atoms with E-state index >= 15 is 0 Å². The minimum atomic E-state index is -5.11. The number of nitrogens with zero attached hydrogens (tertiary/aromatic N) is 2. The van der Waals surface area contributed by atoms with Crippen molar-refractivity contribution in [1.82, 2.24) is 9.78 Å². The molecule has 0 fully saturated rings. The number of rotatable bonds is 7. The Morgan fingerprint density at radius 3 is 2.50 bits per heavy atom. The maximum Gasteiger partial charge on any atom is 0.435 e. The molecule has 0 radical (unpaired) electrons. The first-order valence-electron chi connectivity index (χ1n) is 9.64. The number of halogens is 7. The minimum absolute atomic E-state index is 0.102. The molecule has 0 saturated carbocycles. The van der Waals surface area contributed by atoms with Crippen molar-refractivity contribution in [3.05, 3.63) is 52.8 Å². The van der Waals surface area contributed by atoms with Crippen molar-refractivity contribution < 1.29 is 45.0 Å². The number of ether oxygens (including phenoxy) is 2. The maximum absolute atomic E-state index is 14.7. The van der Waals surface area contributed by atoms with E-state index in [9.17, 15) is 35.5 Å². The van der Waals surface area contributed by atoms with Gasteiger partial charge in [-0.2, -0.15) is 27.1 Å². The fourth-order valence-electron chi connectivity index (χ4n) is 3.51. The summed E-state index contributed by atoms with van der Waals surface area (Å²) in [6.07, 6.45) is -10.1. The Morgan fingerprint density at radius 1 is 1.25 bits per heavy atom. The molecule has 0 bridgehead atoms. The van der Waals surface area contributed by atoms with Gasteiger partial charge in [-0.15, -0.1) is 0 Å². The molecule has 1 aromatic heterocycles. The summed E-state index contributed by atoms with van der Waals surface area (Å²) in [5, 5.41) is 3.43. The van der Waals surface area contributed by atoms with Gasteiger partial charge < -0.3 is 9.47 Å². The van der Waals surface area contributed by atoms with Crippen LogP contribution in [0.5, 0.6) is 0 Å². The first-order chi connectivity index (χ1) is 14.9. The largest absolute Gasteiger partial charge is 0.447 e. The number of hydrogen-bond acceptors (Lipinski definition) is 4. The summed E-state index contributed by atoms with van der Waals surface area (Å²) in [5.74, 6) is -4.97. The average molecular weight is 468 g/mol. The Kier molecular flexibility index (Phi) is 6.82. The Morgan fingerprint density at radius 2 is 1.91 bits per heavy atom. The standard InChI is InChI=1S/C20H19F7N2O3/c1-11(31-18(21)22)8-10-29-13-7-9-19(23,24)16(14(13)15(28-29)20(25,26)27)32-17(30)12-5-3-2-4-6-12/h2-6,11,16,18H,7-10H2,1H3/t11?,16-/m0/s1. The first kappa shape index (κ1) is 24.0. The van der Waals surface area contributed by atoms with E-state index < -0.39 is 61.0 Å². The van der Waals surface area contributed by atoms with Crippen molar-refractivity contribution in [3.8, 4) is 0 Å². The Balaban J connectivity index is 1.97. The maximum atomic E-state index is 14.7. The van der Waals surface area contributed by atoms with E-state index in [0.717, 1.165) is 4.68 Å². The van der Waals surface area contributed by atoms with Crippen LogP contribution in [0.25, 0.3) is 0 Å². The molecule has 1 heterocycles. The number of hydrogen-bond donors (Lipinski definition) is 0. The van der Waals surface area contributed by atoms with Crippen molar-refractivity contribution in [2.24, 2.45) is 0 Å². The predicted octanol–water partition coefficient (Wildman–Crippen LogP) is 5.40. The minimum Gasteiger partial charge on any atom is -0.447 e. The van der Waals surface area contributed by atoms with Gasteiger partial charge in [0.25, 0.3) is 5.92 Å². The van der Waals surface area contributed by atoms with Gasteiger partial charge in [0, 0.05) is 18.7 Å². The number of alkyl halides is 7. The molecule has 1 aliphatic carbocycles. The Bertz CT molecular complexity index is 945. The zero-order chi connectivity index (χ0) is 23.7. The number of aromatic nitrogens is 2. The highest BCUT2D eigenvalue weighted by Crippen LogP contribution is 2.48. The van der Waals surface area contributed by atoms with Crippen LogP contribution in [-0.2, 0) is 28.6 Å². The Hall–Kier alpha value is -2.63. The highest BCUT2D eigenvalue weighted by Gasteiger charge is 2.54. The van der Waals surface area contributed by atoms with Gasteiger partial charge in [0.2, 0.25) is 0 Å². The highest BCUT2D eigenvalue weighted by molar-refractivity contribution is 5.89. The summed E-state index contributed by atoms with van der Waals surface area (Å²) < 4.78 is 105. The summed E-state index contributed by atoms with van der Waals surface area (Å²) in [7, 11) is 0. The second kappa shape index (κ2) is 9.08. The normalized spacial score (nSPS) is 19.0. The molecule has 12 heteroatoms. The van der Waals surface area contributed by atoms with Crippen molar-refractivity contribution in [2.45, 2.75) is 63.6 Å². The lowest BCUT2D eigenvalue weighted by Crippen LogP contribution is -2.36. The molecule has 3 rings (SSSR count). The van der Waals surface area contributed by atoms with Crippen LogP contribution in [0.3, 0.4) is 0 Å². The molecule has 176 valence electrons. The van der Waals surface area contributed by atoms with Crippen molar-refractivity contribution in [3.63, 3.8) is 0 Å². The van der Waals surface area contributed by atoms with Gasteiger partial charge in [0.05, 0.1) is 17.2 Å². The quantitative estimate of drug-likeness (QED) is 0.404. The number of fused-ring (bicyclic) bond motifs is 1. The van der Waals surface area contributed by atoms with Crippen LogP contribution in [-0.4, -0.2) is 34.4 Å². The molecular weight excluding hydrogens is 449 g/mol. The summed E-state index contributed by atoms with van der Waals surface area (Å²) in [6.45, 7) is -2.05. The molecule has 32 heavy (non-hydrogen) atoms. The molecular formula is C20H19F7N2O3. The van der Waals surface area contributed by atoms with Crippen molar-refractivity contribution in [1.29, 1.82) is 0 Å². The smallest absolute Gasteiger partial charge is 0.435 e. The van der Waals surface area contributed by atoms with Crippen LogP contribution in [0.2, 0.25) is 0 Å².